The number of benzene rings is 3. The van der Waals surface area contributed by atoms with Gasteiger partial charge < -0.3 is 23.8 Å². The first-order chi connectivity index (χ1) is 15.1. The van der Waals surface area contributed by atoms with Gasteiger partial charge in [-0.3, -0.25) is 4.79 Å². The number of hydrogen-bond donors (Lipinski definition) is 0. The molecular weight excluding hydrogens is 425 g/mol. The highest BCUT2D eigenvalue weighted by molar-refractivity contribution is 6.31. The maximum absolute atomic E-state index is 13.5. The monoisotopic (exact) mass is 441 g/mol. The van der Waals surface area contributed by atoms with Crippen LogP contribution >= 0.6 is 11.6 Å². The van der Waals surface area contributed by atoms with E-state index in [-0.39, 0.29) is 37.6 Å². The molecule has 0 bridgehead atoms. The highest BCUT2D eigenvalue weighted by atomic mass is 35.5. The van der Waals surface area contributed by atoms with Crippen molar-refractivity contribution in [3.63, 3.8) is 0 Å². The molecule has 0 aliphatic carbocycles. The Balaban J connectivity index is 1.46. The van der Waals surface area contributed by atoms with Crippen LogP contribution in [-0.4, -0.2) is 24.4 Å². The van der Waals surface area contributed by atoms with E-state index in [1.165, 1.54) is 12.1 Å². The molecule has 0 saturated carbocycles. The number of carbonyl (C=O) groups excluding carboxylic acids is 1. The first-order valence-corrected chi connectivity index (χ1v) is 9.96. The third kappa shape index (κ3) is 3.96. The largest absolute Gasteiger partial charge is 0.454 e. The molecule has 2 aliphatic rings. The summed E-state index contributed by atoms with van der Waals surface area (Å²) in [6, 6.07) is 14.7. The summed E-state index contributed by atoms with van der Waals surface area (Å²) in [5.74, 6) is 1.76. The molecule has 1 amide bonds. The van der Waals surface area contributed by atoms with E-state index in [4.69, 9.17) is 30.5 Å². The van der Waals surface area contributed by atoms with Gasteiger partial charge in [-0.1, -0.05) is 23.7 Å². The molecule has 0 fully saturated rings. The molecule has 6 nitrogen and oxygen atoms in total. The first kappa shape index (κ1) is 19.5. The Morgan fingerprint density at radius 3 is 2.26 bits per heavy atom. The minimum atomic E-state index is -0.432. The summed E-state index contributed by atoms with van der Waals surface area (Å²) in [4.78, 5) is 15.1. The van der Waals surface area contributed by atoms with Crippen LogP contribution < -0.4 is 18.9 Å². The van der Waals surface area contributed by atoms with Crippen LogP contribution in [0.4, 0.5) is 4.39 Å². The Kier molecular flexibility index (Phi) is 5.03. The van der Waals surface area contributed by atoms with Gasteiger partial charge in [-0.15, -0.1) is 0 Å². The van der Waals surface area contributed by atoms with E-state index in [9.17, 15) is 9.18 Å². The van der Waals surface area contributed by atoms with Crippen LogP contribution in [0.25, 0.3) is 0 Å². The highest BCUT2D eigenvalue weighted by Crippen LogP contribution is 2.35. The van der Waals surface area contributed by atoms with Gasteiger partial charge in [0, 0.05) is 23.7 Å². The van der Waals surface area contributed by atoms with Crippen molar-refractivity contribution in [2.45, 2.75) is 13.1 Å². The van der Waals surface area contributed by atoms with E-state index >= 15 is 0 Å². The van der Waals surface area contributed by atoms with Crippen LogP contribution in [0.2, 0.25) is 5.02 Å². The van der Waals surface area contributed by atoms with Gasteiger partial charge in [0.1, 0.15) is 5.82 Å². The van der Waals surface area contributed by atoms with E-state index in [1.807, 2.05) is 18.2 Å². The lowest BCUT2D eigenvalue weighted by molar-refractivity contribution is 0.0729. The van der Waals surface area contributed by atoms with Crippen molar-refractivity contribution in [2.24, 2.45) is 0 Å². The van der Waals surface area contributed by atoms with Crippen molar-refractivity contribution >= 4 is 17.5 Å². The summed E-state index contributed by atoms with van der Waals surface area (Å²) in [5.41, 5.74) is 1.94. The fourth-order valence-corrected chi connectivity index (χ4v) is 3.75. The van der Waals surface area contributed by atoms with Crippen molar-refractivity contribution < 1.29 is 28.1 Å². The summed E-state index contributed by atoms with van der Waals surface area (Å²) in [5, 5.41) is 0.258. The average Bonchev–Trinajstić information content (AvgIpc) is 3.42. The number of nitrogens with zero attached hydrogens (tertiary/aromatic N) is 1. The van der Waals surface area contributed by atoms with Crippen LogP contribution in [0.15, 0.2) is 54.6 Å². The summed E-state index contributed by atoms with van der Waals surface area (Å²) >= 11 is 6.23. The fourth-order valence-electron chi connectivity index (χ4n) is 3.53. The molecule has 2 heterocycles. The molecule has 0 aromatic heterocycles. The van der Waals surface area contributed by atoms with Gasteiger partial charge in [0.15, 0.2) is 23.0 Å². The molecule has 5 rings (SSSR count). The number of halogens is 2. The zero-order valence-corrected chi connectivity index (χ0v) is 17.0. The zero-order chi connectivity index (χ0) is 21.4. The minimum absolute atomic E-state index is 0.124. The summed E-state index contributed by atoms with van der Waals surface area (Å²) in [7, 11) is 0. The molecule has 0 unspecified atom stereocenters. The number of fused-ring (bicyclic) bond motifs is 2. The van der Waals surface area contributed by atoms with Gasteiger partial charge in [0.25, 0.3) is 5.91 Å². The maximum Gasteiger partial charge on any atom is 0.254 e. The molecule has 0 radical (unpaired) electrons. The van der Waals surface area contributed by atoms with Crippen LogP contribution in [0, 0.1) is 5.82 Å². The van der Waals surface area contributed by atoms with E-state index in [0.717, 1.165) is 5.56 Å². The van der Waals surface area contributed by atoms with Crippen LogP contribution in [0.5, 0.6) is 23.0 Å². The Morgan fingerprint density at radius 2 is 1.52 bits per heavy atom. The van der Waals surface area contributed by atoms with E-state index in [0.29, 0.717) is 34.1 Å². The van der Waals surface area contributed by atoms with E-state index in [2.05, 4.69) is 0 Å². The number of amides is 1. The molecule has 31 heavy (non-hydrogen) atoms. The minimum Gasteiger partial charge on any atom is -0.454 e. The molecule has 2 aliphatic heterocycles. The number of hydrogen-bond acceptors (Lipinski definition) is 5. The van der Waals surface area contributed by atoms with Crippen molar-refractivity contribution in [1.82, 2.24) is 4.90 Å². The predicted octanol–water partition coefficient (Wildman–Crippen LogP) is 4.78. The second kappa shape index (κ2) is 8.00. The Morgan fingerprint density at radius 1 is 0.839 bits per heavy atom. The smallest absolute Gasteiger partial charge is 0.254 e. The van der Waals surface area contributed by atoms with Crippen molar-refractivity contribution in [1.29, 1.82) is 0 Å². The lowest BCUT2D eigenvalue weighted by Crippen LogP contribution is -2.30. The van der Waals surface area contributed by atoms with Gasteiger partial charge in [-0.2, -0.15) is 0 Å². The normalized spacial score (nSPS) is 13.4. The summed E-state index contributed by atoms with van der Waals surface area (Å²) < 4.78 is 35.0. The Bertz CT molecular complexity index is 1170. The molecule has 0 saturated heterocycles. The SMILES string of the molecule is O=C(c1ccc2c(c1)OCO2)N(Cc1ccc2c(c1)OCO2)Cc1ccc(F)cc1Cl. The third-order valence-electron chi connectivity index (χ3n) is 5.09. The quantitative estimate of drug-likeness (QED) is 0.570. The molecule has 0 spiro atoms. The Labute approximate surface area is 182 Å². The van der Waals surface area contributed by atoms with E-state index < -0.39 is 5.82 Å². The lowest BCUT2D eigenvalue weighted by Gasteiger charge is -2.24. The fraction of sp³-hybridized carbons (Fsp3) is 0.174. The van der Waals surface area contributed by atoms with Gasteiger partial charge in [0.05, 0.1) is 0 Å². The standard InChI is InChI=1S/C23H17ClFNO5/c24-18-9-17(25)4-2-16(18)11-26(10-14-1-5-19-21(7-14)30-12-28-19)23(27)15-3-6-20-22(8-15)31-13-29-20/h1-9H,10-13H2. The lowest BCUT2D eigenvalue weighted by atomic mass is 10.1. The van der Waals surface area contributed by atoms with Crippen molar-refractivity contribution in [2.75, 3.05) is 13.6 Å². The number of ether oxygens (including phenoxy) is 4. The van der Waals surface area contributed by atoms with Crippen molar-refractivity contribution in [3.8, 4) is 23.0 Å². The first-order valence-electron chi connectivity index (χ1n) is 9.58. The van der Waals surface area contributed by atoms with Gasteiger partial charge in [-0.05, 0) is 53.6 Å². The average molecular weight is 442 g/mol. The highest BCUT2D eigenvalue weighted by Gasteiger charge is 2.23. The van der Waals surface area contributed by atoms with Gasteiger partial charge in [-0.25, -0.2) is 4.39 Å². The van der Waals surface area contributed by atoms with Crippen LogP contribution in [-0.2, 0) is 13.1 Å². The topological polar surface area (TPSA) is 57.2 Å². The molecule has 0 atom stereocenters. The van der Waals surface area contributed by atoms with Crippen LogP contribution in [0.1, 0.15) is 21.5 Å². The molecular formula is C23H17ClFNO5. The number of rotatable bonds is 5. The molecule has 8 heteroatoms. The molecule has 0 N–H and O–H groups in total. The Hall–Kier alpha value is -3.45. The molecule has 3 aromatic carbocycles. The van der Waals surface area contributed by atoms with Crippen LogP contribution in [0.3, 0.4) is 0 Å². The van der Waals surface area contributed by atoms with Crippen molar-refractivity contribution in [3.05, 3.63) is 82.1 Å². The summed E-state index contributed by atoms with van der Waals surface area (Å²) in [6.07, 6.45) is 0. The number of carbonyl (C=O) groups is 1. The van der Waals surface area contributed by atoms with Gasteiger partial charge >= 0.3 is 0 Å². The predicted molar refractivity (Wildman–Crippen MR) is 110 cm³/mol. The third-order valence-corrected chi connectivity index (χ3v) is 5.45. The molecule has 3 aromatic rings. The second-order valence-corrected chi connectivity index (χ2v) is 7.56. The summed E-state index contributed by atoms with van der Waals surface area (Å²) in [6.45, 7) is 0.779. The zero-order valence-electron chi connectivity index (χ0n) is 16.3. The maximum atomic E-state index is 13.5. The van der Waals surface area contributed by atoms with E-state index in [1.54, 1.807) is 29.2 Å². The molecule has 158 valence electrons. The van der Waals surface area contributed by atoms with Gasteiger partial charge in [0.2, 0.25) is 13.6 Å². The second-order valence-electron chi connectivity index (χ2n) is 7.15.